The summed E-state index contributed by atoms with van der Waals surface area (Å²) in [6, 6.07) is 13.9. The van der Waals surface area contributed by atoms with E-state index in [2.05, 4.69) is 57.7 Å². The highest BCUT2D eigenvalue weighted by atomic mass is 79.9. The van der Waals surface area contributed by atoms with Crippen LogP contribution in [0.2, 0.25) is 0 Å². The van der Waals surface area contributed by atoms with Gasteiger partial charge in [0.2, 0.25) is 0 Å². The third-order valence-electron chi connectivity index (χ3n) is 4.78. The molecule has 2 aromatic rings. The Morgan fingerprint density at radius 3 is 2.74 bits per heavy atom. The SMILES string of the molecule is O=[N+]([O-])c1cc(Br)c2c(c1)[C@H]1C=CC[C@H]1[C@H](c1ccccc1)N2. The fraction of sp³-hybridized carbons (Fsp3) is 0.222. The monoisotopic (exact) mass is 370 g/mol. The predicted molar refractivity (Wildman–Crippen MR) is 93.6 cm³/mol. The van der Waals surface area contributed by atoms with E-state index in [1.165, 1.54) is 5.56 Å². The lowest BCUT2D eigenvalue weighted by atomic mass is 9.77. The molecule has 1 N–H and O–H groups in total. The quantitative estimate of drug-likeness (QED) is 0.449. The first-order valence-corrected chi connectivity index (χ1v) is 8.40. The summed E-state index contributed by atoms with van der Waals surface area (Å²) in [6.45, 7) is 0. The first-order valence-electron chi connectivity index (χ1n) is 7.61. The molecule has 0 spiro atoms. The van der Waals surface area contributed by atoms with Crippen LogP contribution < -0.4 is 5.32 Å². The normalized spacial score (nSPS) is 24.7. The van der Waals surface area contributed by atoms with Crippen LogP contribution in [-0.4, -0.2) is 4.92 Å². The van der Waals surface area contributed by atoms with Gasteiger partial charge in [-0.1, -0.05) is 42.5 Å². The largest absolute Gasteiger partial charge is 0.377 e. The summed E-state index contributed by atoms with van der Waals surface area (Å²) in [5.41, 5.74) is 3.37. The zero-order valence-corrected chi connectivity index (χ0v) is 13.9. The molecule has 0 saturated carbocycles. The molecule has 0 bridgehead atoms. The van der Waals surface area contributed by atoms with Gasteiger partial charge >= 0.3 is 0 Å². The number of rotatable bonds is 2. The van der Waals surface area contributed by atoms with E-state index < -0.39 is 0 Å². The number of hydrogen-bond acceptors (Lipinski definition) is 3. The lowest BCUT2D eigenvalue weighted by Gasteiger charge is -2.37. The predicted octanol–water partition coefficient (Wildman–Crippen LogP) is 5.18. The number of nitro groups is 1. The number of nitrogens with zero attached hydrogens (tertiary/aromatic N) is 1. The molecule has 2 aliphatic rings. The number of hydrogen-bond donors (Lipinski definition) is 1. The Labute approximate surface area is 142 Å². The maximum absolute atomic E-state index is 11.2. The van der Waals surface area contributed by atoms with Crippen LogP contribution in [-0.2, 0) is 0 Å². The molecule has 116 valence electrons. The highest BCUT2D eigenvalue weighted by Crippen LogP contribution is 2.52. The van der Waals surface area contributed by atoms with Gasteiger partial charge in [0.25, 0.3) is 5.69 Å². The van der Waals surface area contributed by atoms with E-state index in [1.54, 1.807) is 12.1 Å². The van der Waals surface area contributed by atoms with Gasteiger partial charge in [0.15, 0.2) is 0 Å². The van der Waals surface area contributed by atoms with Crippen molar-refractivity contribution in [1.82, 2.24) is 0 Å². The number of nitrogens with one attached hydrogen (secondary N) is 1. The maximum Gasteiger partial charge on any atom is 0.271 e. The van der Waals surface area contributed by atoms with E-state index in [4.69, 9.17) is 0 Å². The number of fused-ring (bicyclic) bond motifs is 3. The number of non-ortho nitro benzene ring substituents is 1. The molecule has 0 amide bonds. The molecule has 3 atom stereocenters. The Balaban J connectivity index is 1.84. The van der Waals surface area contributed by atoms with Gasteiger partial charge in [0.1, 0.15) is 0 Å². The Morgan fingerprint density at radius 1 is 1.22 bits per heavy atom. The molecule has 0 radical (unpaired) electrons. The number of nitro benzene ring substituents is 1. The molecule has 0 saturated heterocycles. The maximum atomic E-state index is 11.2. The summed E-state index contributed by atoms with van der Waals surface area (Å²) >= 11 is 3.51. The third kappa shape index (κ3) is 2.36. The third-order valence-corrected chi connectivity index (χ3v) is 5.40. The first kappa shape index (κ1) is 14.5. The van der Waals surface area contributed by atoms with E-state index in [9.17, 15) is 10.1 Å². The Morgan fingerprint density at radius 2 is 2.00 bits per heavy atom. The van der Waals surface area contributed by atoms with Gasteiger partial charge in [-0.3, -0.25) is 10.1 Å². The van der Waals surface area contributed by atoms with Crippen LogP contribution in [0.5, 0.6) is 0 Å². The number of benzene rings is 2. The van der Waals surface area contributed by atoms with Crippen molar-refractivity contribution in [3.8, 4) is 0 Å². The van der Waals surface area contributed by atoms with Crippen LogP contribution in [0.1, 0.15) is 29.5 Å². The number of anilines is 1. The Bertz CT molecular complexity index is 804. The van der Waals surface area contributed by atoms with Crippen molar-refractivity contribution >= 4 is 27.3 Å². The second kappa shape index (κ2) is 5.49. The minimum Gasteiger partial charge on any atom is -0.377 e. The molecule has 1 aliphatic heterocycles. The van der Waals surface area contributed by atoms with Crippen LogP contribution in [0.25, 0.3) is 0 Å². The minimum atomic E-state index is -0.331. The second-order valence-corrected chi connectivity index (χ2v) is 6.89. The average molecular weight is 371 g/mol. The van der Waals surface area contributed by atoms with Crippen molar-refractivity contribution in [3.05, 3.63) is 80.3 Å². The zero-order chi connectivity index (χ0) is 16.0. The molecular weight excluding hydrogens is 356 g/mol. The molecule has 1 heterocycles. The highest BCUT2D eigenvalue weighted by Gasteiger charge is 2.39. The summed E-state index contributed by atoms with van der Waals surface area (Å²) in [5, 5.41) is 14.8. The lowest BCUT2D eigenvalue weighted by Crippen LogP contribution is -2.29. The zero-order valence-electron chi connectivity index (χ0n) is 12.3. The van der Waals surface area contributed by atoms with Crippen LogP contribution in [0.3, 0.4) is 0 Å². The Kier molecular flexibility index (Phi) is 3.45. The number of halogens is 1. The summed E-state index contributed by atoms with van der Waals surface area (Å²) in [6.07, 6.45) is 5.36. The van der Waals surface area contributed by atoms with Crippen molar-refractivity contribution in [1.29, 1.82) is 0 Å². The smallest absolute Gasteiger partial charge is 0.271 e. The van der Waals surface area contributed by atoms with Gasteiger partial charge in [-0.2, -0.15) is 0 Å². The molecule has 23 heavy (non-hydrogen) atoms. The molecule has 4 nitrogen and oxygen atoms in total. The average Bonchev–Trinajstić information content (AvgIpc) is 3.04. The van der Waals surface area contributed by atoms with Crippen LogP contribution in [0, 0.1) is 16.0 Å². The van der Waals surface area contributed by atoms with E-state index in [1.807, 2.05) is 6.07 Å². The van der Waals surface area contributed by atoms with E-state index in [-0.39, 0.29) is 22.6 Å². The first-order chi connectivity index (χ1) is 11.1. The van der Waals surface area contributed by atoms with Crippen molar-refractivity contribution in [2.45, 2.75) is 18.4 Å². The van der Waals surface area contributed by atoms with Gasteiger partial charge in [0.05, 0.1) is 16.7 Å². The topological polar surface area (TPSA) is 55.2 Å². The molecular formula is C18H15BrN2O2. The minimum absolute atomic E-state index is 0.134. The Hall–Kier alpha value is -2.14. The molecule has 2 aromatic carbocycles. The second-order valence-electron chi connectivity index (χ2n) is 6.04. The van der Waals surface area contributed by atoms with E-state index >= 15 is 0 Å². The molecule has 1 aliphatic carbocycles. The van der Waals surface area contributed by atoms with Crippen molar-refractivity contribution in [3.63, 3.8) is 0 Å². The van der Waals surface area contributed by atoms with Crippen LogP contribution in [0.4, 0.5) is 11.4 Å². The van der Waals surface area contributed by atoms with Crippen molar-refractivity contribution in [2.24, 2.45) is 5.92 Å². The van der Waals surface area contributed by atoms with Gasteiger partial charge in [-0.25, -0.2) is 0 Å². The van der Waals surface area contributed by atoms with Crippen LogP contribution in [0.15, 0.2) is 59.1 Å². The molecule has 0 unspecified atom stereocenters. The summed E-state index contributed by atoms with van der Waals surface area (Å²) in [5.74, 6) is 0.603. The summed E-state index contributed by atoms with van der Waals surface area (Å²) in [4.78, 5) is 10.8. The van der Waals surface area contributed by atoms with Crippen molar-refractivity contribution in [2.75, 3.05) is 5.32 Å². The summed E-state index contributed by atoms with van der Waals surface area (Å²) < 4.78 is 0.751. The molecule has 4 rings (SSSR count). The van der Waals surface area contributed by atoms with Crippen molar-refractivity contribution < 1.29 is 4.92 Å². The standard InChI is InChI=1S/C18H15BrN2O2/c19-16-10-12(21(22)23)9-15-13-7-4-8-14(13)17(20-18(15)16)11-5-2-1-3-6-11/h1-7,9-10,13-14,17,20H,8H2/t13-,14+,17-/m0/s1. The molecule has 5 heteroatoms. The number of allylic oxidation sites excluding steroid dienone is 2. The summed E-state index contributed by atoms with van der Waals surface area (Å²) in [7, 11) is 0. The van der Waals surface area contributed by atoms with E-state index in [0.717, 1.165) is 22.1 Å². The van der Waals surface area contributed by atoms with Gasteiger partial charge in [-0.15, -0.1) is 0 Å². The van der Waals surface area contributed by atoms with Gasteiger partial charge in [0, 0.05) is 22.5 Å². The van der Waals surface area contributed by atoms with Gasteiger partial charge in [-0.05, 0) is 39.4 Å². The lowest BCUT2D eigenvalue weighted by molar-refractivity contribution is -0.385. The highest BCUT2D eigenvalue weighted by molar-refractivity contribution is 9.10. The van der Waals surface area contributed by atoms with Gasteiger partial charge < -0.3 is 5.32 Å². The fourth-order valence-electron chi connectivity index (χ4n) is 3.74. The molecule has 0 fully saturated rings. The van der Waals surface area contributed by atoms with E-state index in [0.29, 0.717) is 5.92 Å². The fourth-order valence-corrected chi connectivity index (χ4v) is 4.31. The molecule has 0 aromatic heterocycles. The van der Waals surface area contributed by atoms with Crippen LogP contribution >= 0.6 is 15.9 Å².